The van der Waals surface area contributed by atoms with Crippen LogP contribution in [0.2, 0.25) is 0 Å². The van der Waals surface area contributed by atoms with Crippen molar-refractivity contribution in [3.8, 4) is 11.3 Å². The molecule has 1 amide bonds. The molecule has 1 N–H and O–H groups in total. The Balaban J connectivity index is 1.79. The molecule has 22 heavy (non-hydrogen) atoms. The van der Waals surface area contributed by atoms with Crippen LogP contribution in [-0.4, -0.2) is 15.9 Å². The Morgan fingerprint density at radius 3 is 2.77 bits per heavy atom. The van der Waals surface area contributed by atoms with Gasteiger partial charge in [0.25, 0.3) is 5.91 Å². The first kappa shape index (κ1) is 14.4. The summed E-state index contributed by atoms with van der Waals surface area (Å²) in [4.78, 5) is 20.5. The highest BCUT2D eigenvalue weighted by Gasteiger charge is 2.10. The van der Waals surface area contributed by atoms with E-state index in [1.807, 2.05) is 11.4 Å². The standard InChI is InChI=1S/C17H15N3OS/c1-11-5-6-13(8-12(11)2)15-10-22-17(19-15)20-16(21)14-4-3-7-18-9-14/h3-10H,1-2H3,(H,19,20,21). The van der Waals surface area contributed by atoms with E-state index in [1.165, 1.54) is 28.7 Å². The van der Waals surface area contributed by atoms with Crippen molar-refractivity contribution in [1.82, 2.24) is 9.97 Å². The SMILES string of the molecule is Cc1ccc(-c2csc(NC(=O)c3cccnc3)n2)cc1C. The molecule has 0 radical (unpaired) electrons. The molecule has 0 unspecified atom stereocenters. The number of aromatic nitrogens is 2. The van der Waals surface area contributed by atoms with E-state index in [-0.39, 0.29) is 5.91 Å². The first-order valence-electron chi connectivity index (χ1n) is 6.88. The number of hydrogen-bond donors (Lipinski definition) is 1. The lowest BCUT2D eigenvalue weighted by atomic mass is 10.1. The van der Waals surface area contributed by atoms with Gasteiger partial charge in [0.15, 0.2) is 5.13 Å². The van der Waals surface area contributed by atoms with E-state index in [0.717, 1.165) is 11.3 Å². The van der Waals surface area contributed by atoms with Gasteiger partial charge < -0.3 is 0 Å². The van der Waals surface area contributed by atoms with E-state index in [2.05, 4.69) is 41.3 Å². The molecular formula is C17H15N3OS. The summed E-state index contributed by atoms with van der Waals surface area (Å²) in [7, 11) is 0. The van der Waals surface area contributed by atoms with Crippen molar-refractivity contribution >= 4 is 22.4 Å². The van der Waals surface area contributed by atoms with Crippen LogP contribution in [-0.2, 0) is 0 Å². The molecule has 0 spiro atoms. The molecule has 0 fully saturated rings. The minimum absolute atomic E-state index is 0.200. The van der Waals surface area contributed by atoms with Crippen molar-refractivity contribution in [2.75, 3.05) is 5.32 Å². The number of benzene rings is 1. The zero-order valence-corrected chi connectivity index (χ0v) is 13.1. The molecule has 3 rings (SSSR count). The molecule has 0 bridgehead atoms. The lowest BCUT2D eigenvalue weighted by Gasteiger charge is -2.03. The number of carbonyl (C=O) groups is 1. The Labute approximate surface area is 132 Å². The van der Waals surface area contributed by atoms with Gasteiger partial charge in [0.2, 0.25) is 0 Å². The highest BCUT2D eigenvalue weighted by molar-refractivity contribution is 7.14. The van der Waals surface area contributed by atoms with Gasteiger partial charge in [-0.1, -0.05) is 12.1 Å². The van der Waals surface area contributed by atoms with Crippen molar-refractivity contribution in [2.24, 2.45) is 0 Å². The number of pyridine rings is 1. The van der Waals surface area contributed by atoms with Gasteiger partial charge in [-0.2, -0.15) is 0 Å². The maximum absolute atomic E-state index is 12.1. The van der Waals surface area contributed by atoms with Crippen molar-refractivity contribution in [2.45, 2.75) is 13.8 Å². The Kier molecular flexibility index (Phi) is 3.98. The van der Waals surface area contributed by atoms with Crippen LogP contribution in [0, 0.1) is 13.8 Å². The number of amides is 1. The summed E-state index contributed by atoms with van der Waals surface area (Å²) in [6.45, 7) is 4.16. The lowest BCUT2D eigenvalue weighted by Crippen LogP contribution is -2.11. The molecule has 2 heterocycles. The summed E-state index contributed by atoms with van der Waals surface area (Å²) in [5.41, 5.74) is 4.93. The molecule has 4 nitrogen and oxygen atoms in total. The third-order valence-electron chi connectivity index (χ3n) is 3.45. The second-order valence-electron chi connectivity index (χ2n) is 5.03. The maximum Gasteiger partial charge on any atom is 0.259 e. The Morgan fingerprint density at radius 1 is 1.18 bits per heavy atom. The van der Waals surface area contributed by atoms with Gasteiger partial charge in [-0.25, -0.2) is 4.98 Å². The molecule has 0 atom stereocenters. The number of thiazole rings is 1. The van der Waals surface area contributed by atoms with E-state index < -0.39 is 0 Å². The summed E-state index contributed by atoms with van der Waals surface area (Å²) in [6.07, 6.45) is 3.17. The summed E-state index contributed by atoms with van der Waals surface area (Å²) >= 11 is 1.41. The minimum atomic E-state index is -0.200. The third kappa shape index (κ3) is 3.04. The third-order valence-corrected chi connectivity index (χ3v) is 4.21. The first-order valence-corrected chi connectivity index (χ1v) is 7.76. The van der Waals surface area contributed by atoms with Gasteiger partial charge in [-0.3, -0.25) is 15.1 Å². The number of nitrogens with one attached hydrogen (secondary N) is 1. The van der Waals surface area contributed by atoms with Gasteiger partial charge in [-0.05, 0) is 43.2 Å². The molecule has 110 valence electrons. The van der Waals surface area contributed by atoms with Gasteiger partial charge >= 0.3 is 0 Å². The zero-order valence-electron chi connectivity index (χ0n) is 12.3. The second kappa shape index (κ2) is 6.07. The van der Waals surface area contributed by atoms with Crippen LogP contribution in [0.3, 0.4) is 0 Å². The molecule has 0 aliphatic carbocycles. The van der Waals surface area contributed by atoms with E-state index >= 15 is 0 Å². The fraction of sp³-hybridized carbons (Fsp3) is 0.118. The van der Waals surface area contributed by atoms with E-state index in [4.69, 9.17) is 0 Å². The number of hydrogen-bond acceptors (Lipinski definition) is 4. The van der Waals surface area contributed by atoms with Crippen LogP contribution in [0.4, 0.5) is 5.13 Å². The average molecular weight is 309 g/mol. The van der Waals surface area contributed by atoms with Gasteiger partial charge in [0.1, 0.15) is 0 Å². The monoisotopic (exact) mass is 309 g/mol. The predicted octanol–water partition coefficient (Wildman–Crippen LogP) is 4.07. The van der Waals surface area contributed by atoms with Gasteiger partial charge in [0.05, 0.1) is 11.3 Å². The summed E-state index contributed by atoms with van der Waals surface area (Å²) < 4.78 is 0. The number of anilines is 1. The normalized spacial score (nSPS) is 10.5. The van der Waals surface area contributed by atoms with E-state index in [1.54, 1.807) is 18.3 Å². The van der Waals surface area contributed by atoms with E-state index in [0.29, 0.717) is 10.7 Å². The lowest BCUT2D eigenvalue weighted by molar-refractivity contribution is 0.102. The predicted molar refractivity (Wildman–Crippen MR) is 89.2 cm³/mol. The fourth-order valence-corrected chi connectivity index (χ4v) is 2.75. The molecule has 0 saturated heterocycles. The van der Waals surface area contributed by atoms with E-state index in [9.17, 15) is 4.79 Å². The van der Waals surface area contributed by atoms with Crippen LogP contribution < -0.4 is 5.32 Å². The topological polar surface area (TPSA) is 54.9 Å². The molecule has 0 saturated carbocycles. The van der Waals surface area contributed by atoms with Crippen molar-refractivity contribution in [3.05, 3.63) is 64.8 Å². The number of carbonyl (C=O) groups excluding carboxylic acids is 1. The molecule has 3 aromatic rings. The van der Waals surface area contributed by atoms with Gasteiger partial charge in [0, 0.05) is 23.3 Å². The number of aryl methyl sites for hydroxylation is 2. The molecule has 2 aromatic heterocycles. The number of rotatable bonds is 3. The molecule has 0 aliphatic heterocycles. The van der Waals surface area contributed by atoms with Crippen LogP contribution >= 0.6 is 11.3 Å². The Hall–Kier alpha value is -2.53. The van der Waals surface area contributed by atoms with Crippen molar-refractivity contribution < 1.29 is 4.79 Å². The Morgan fingerprint density at radius 2 is 2.05 bits per heavy atom. The second-order valence-corrected chi connectivity index (χ2v) is 5.89. The smallest absolute Gasteiger partial charge is 0.259 e. The molecular weight excluding hydrogens is 294 g/mol. The maximum atomic E-state index is 12.1. The number of nitrogens with zero attached hydrogens (tertiary/aromatic N) is 2. The highest BCUT2D eigenvalue weighted by Crippen LogP contribution is 2.26. The van der Waals surface area contributed by atoms with Crippen molar-refractivity contribution in [3.63, 3.8) is 0 Å². The zero-order chi connectivity index (χ0) is 15.5. The van der Waals surface area contributed by atoms with Crippen LogP contribution in [0.15, 0.2) is 48.1 Å². The summed E-state index contributed by atoms with van der Waals surface area (Å²) in [5.74, 6) is -0.200. The van der Waals surface area contributed by atoms with Crippen LogP contribution in [0.5, 0.6) is 0 Å². The van der Waals surface area contributed by atoms with Crippen LogP contribution in [0.1, 0.15) is 21.5 Å². The van der Waals surface area contributed by atoms with Crippen molar-refractivity contribution in [1.29, 1.82) is 0 Å². The fourth-order valence-electron chi connectivity index (χ4n) is 2.03. The van der Waals surface area contributed by atoms with Gasteiger partial charge in [-0.15, -0.1) is 11.3 Å². The summed E-state index contributed by atoms with van der Waals surface area (Å²) in [6, 6.07) is 9.69. The first-order chi connectivity index (χ1) is 10.6. The highest BCUT2D eigenvalue weighted by atomic mass is 32.1. The Bertz CT molecular complexity index is 812. The minimum Gasteiger partial charge on any atom is -0.298 e. The average Bonchev–Trinajstić information content (AvgIpc) is 2.99. The molecule has 5 heteroatoms. The largest absolute Gasteiger partial charge is 0.298 e. The summed E-state index contributed by atoms with van der Waals surface area (Å²) in [5, 5.41) is 5.34. The van der Waals surface area contributed by atoms with Crippen LogP contribution in [0.25, 0.3) is 11.3 Å². The quantitative estimate of drug-likeness (QED) is 0.793. The molecule has 1 aromatic carbocycles. The molecule has 0 aliphatic rings.